The third-order valence-electron chi connectivity index (χ3n) is 3.45. The molecule has 9 N–H and O–H groups in total. The van der Waals surface area contributed by atoms with Gasteiger partial charge in [-0.1, -0.05) is 0 Å². The minimum absolute atomic E-state index is 0.0448. The number of rotatable bonds is 11. The molecule has 0 spiro atoms. The fraction of sp³-hybridized carbons (Fsp3) is 0.667. The Morgan fingerprint density at radius 1 is 0.909 bits per heavy atom. The number of nitrogens with two attached hydrogens (primary N) is 1. The van der Waals surface area contributed by atoms with Crippen LogP contribution in [0.15, 0.2) is 0 Å². The number of alkyl halides is 3. The zero-order valence-corrected chi connectivity index (χ0v) is 18.7. The number of carbonyl (C=O) groups is 5. The molecule has 0 aliphatic heterocycles. The molecule has 18 heteroatoms. The number of aliphatic carboxylic acids is 2. The SMILES string of the molecule is CC(O)C(NC(=O)C(CS)NC(=O)C(N)CS)C(=O)NC(CO)C(=O)O.O=C(O)C(F)(F)F. The number of hydrogen-bond donors (Lipinski definition) is 10. The molecule has 0 radical (unpaired) electrons. The Labute approximate surface area is 196 Å². The zero-order chi connectivity index (χ0) is 26.5. The van der Waals surface area contributed by atoms with Crippen LogP contribution in [0.4, 0.5) is 13.2 Å². The highest BCUT2D eigenvalue weighted by atomic mass is 32.1. The first kappa shape index (κ1) is 32.9. The number of carbonyl (C=O) groups excluding carboxylic acids is 3. The van der Waals surface area contributed by atoms with E-state index in [0.29, 0.717) is 0 Å². The molecular weight excluding hydrogens is 501 g/mol. The molecule has 0 aliphatic rings. The average molecular weight is 527 g/mol. The summed E-state index contributed by atoms with van der Waals surface area (Å²) in [6, 6.07) is -5.23. The van der Waals surface area contributed by atoms with E-state index in [-0.39, 0.29) is 11.5 Å². The van der Waals surface area contributed by atoms with E-state index in [9.17, 15) is 37.5 Å². The normalized spacial score (nSPS) is 15.4. The molecule has 0 rings (SSSR count). The van der Waals surface area contributed by atoms with Crippen molar-refractivity contribution in [2.45, 2.75) is 43.4 Å². The van der Waals surface area contributed by atoms with Crippen molar-refractivity contribution in [3.63, 3.8) is 0 Å². The number of carboxylic acids is 2. The largest absolute Gasteiger partial charge is 0.490 e. The van der Waals surface area contributed by atoms with E-state index in [1.165, 1.54) is 6.92 Å². The molecular formula is C15H25F3N4O9S2. The van der Waals surface area contributed by atoms with Gasteiger partial charge in [-0.25, -0.2) is 9.59 Å². The molecule has 0 aliphatic carbocycles. The summed E-state index contributed by atoms with van der Waals surface area (Å²) in [5.41, 5.74) is 5.49. The Bertz CT molecular complexity index is 698. The molecule has 3 amide bonds. The lowest BCUT2D eigenvalue weighted by Crippen LogP contribution is -2.60. The minimum atomic E-state index is -5.08. The maximum atomic E-state index is 12.2. The second-order valence-electron chi connectivity index (χ2n) is 6.14. The van der Waals surface area contributed by atoms with E-state index in [4.69, 9.17) is 25.8 Å². The molecule has 0 saturated carbocycles. The summed E-state index contributed by atoms with van der Waals surface area (Å²) in [6.45, 7) is 0.322. The third kappa shape index (κ3) is 13.1. The van der Waals surface area contributed by atoms with Crippen LogP contribution in [0.2, 0.25) is 0 Å². The van der Waals surface area contributed by atoms with Crippen LogP contribution in [-0.4, -0.2) is 105 Å². The quantitative estimate of drug-likeness (QED) is 0.121. The Morgan fingerprint density at radius 3 is 1.67 bits per heavy atom. The number of thiol groups is 2. The molecule has 0 aromatic heterocycles. The Morgan fingerprint density at radius 2 is 1.36 bits per heavy atom. The molecule has 0 aromatic rings. The van der Waals surface area contributed by atoms with Gasteiger partial charge in [-0.15, -0.1) is 0 Å². The van der Waals surface area contributed by atoms with Crippen LogP contribution in [-0.2, 0) is 24.0 Å². The first-order valence-electron chi connectivity index (χ1n) is 8.73. The predicted octanol–water partition coefficient (Wildman–Crippen LogP) is -3.28. The Kier molecular flexibility index (Phi) is 15.5. The average Bonchev–Trinajstić information content (AvgIpc) is 2.71. The first-order valence-corrected chi connectivity index (χ1v) is 10.00. The van der Waals surface area contributed by atoms with Crippen LogP contribution in [0.5, 0.6) is 0 Å². The standard InChI is InChI=1S/C13H24N4O7S2.C2HF3O2/c1-5(19)9(12(22)15-7(2-18)13(23)24)17-11(21)8(4-26)16-10(20)6(14)3-25;3-2(4,5)1(6)7/h5-9,18-19,25-26H,2-4,14H2,1H3,(H,15,22)(H,16,20)(H,17,21)(H,23,24);(H,6,7). The van der Waals surface area contributed by atoms with Gasteiger partial charge in [-0.05, 0) is 6.92 Å². The van der Waals surface area contributed by atoms with E-state index >= 15 is 0 Å². The van der Waals surface area contributed by atoms with Gasteiger partial charge in [0.1, 0.15) is 18.1 Å². The summed E-state index contributed by atoms with van der Waals surface area (Å²) in [4.78, 5) is 55.8. The van der Waals surface area contributed by atoms with Crippen LogP contribution in [0.25, 0.3) is 0 Å². The number of nitrogens with one attached hydrogen (secondary N) is 3. The number of aliphatic hydroxyl groups is 2. The fourth-order valence-corrected chi connectivity index (χ4v) is 2.08. The van der Waals surface area contributed by atoms with Crippen molar-refractivity contribution >= 4 is 54.9 Å². The lowest BCUT2D eigenvalue weighted by Gasteiger charge is -2.25. The molecule has 5 atom stereocenters. The fourth-order valence-electron chi connectivity index (χ4n) is 1.66. The van der Waals surface area contributed by atoms with Crippen LogP contribution < -0.4 is 21.7 Å². The van der Waals surface area contributed by atoms with Gasteiger partial charge in [0.15, 0.2) is 0 Å². The summed E-state index contributed by atoms with van der Waals surface area (Å²) >= 11 is 7.81. The van der Waals surface area contributed by atoms with Gasteiger partial charge in [-0.2, -0.15) is 38.4 Å². The molecule has 0 fully saturated rings. The smallest absolute Gasteiger partial charge is 0.480 e. The summed E-state index contributed by atoms with van der Waals surface area (Å²) in [5, 5.41) is 41.1. The van der Waals surface area contributed by atoms with Crippen LogP contribution in [0.1, 0.15) is 6.92 Å². The van der Waals surface area contributed by atoms with E-state index in [0.717, 1.165) is 0 Å². The highest BCUT2D eigenvalue weighted by Gasteiger charge is 2.38. The van der Waals surface area contributed by atoms with Crippen molar-refractivity contribution in [2.24, 2.45) is 5.73 Å². The maximum absolute atomic E-state index is 12.2. The molecule has 0 heterocycles. The van der Waals surface area contributed by atoms with E-state index < -0.39 is 72.7 Å². The van der Waals surface area contributed by atoms with Gasteiger partial charge in [0, 0.05) is 11.5 Å². The monoisotopic (exact) mass is 526 g/mol. The van der Waals surface area contributed by atoms with Gasteiger partial charge in [-0.3, -0.25) is 14.4 Å². The van der Waals surface area contributed by atoms with Crippen molar-refractivity contribution in [2.75, 3.05) is 18.1 Å². The third-order valence-corrected chi connectivity index (χ3v) is 4.21. The van der Waals surface area contributed by atoms with Crippen molar-refractivity contribution in [3.05, 3.63) is 0 Å². The second-order valence-corrected chi connectivity index (χ2v) is 6.87. The molecule has 13 nitrogen and oxygen atoms in total. The zero-order valence-electron chi connectivity index (χ0n) is 16.9. The Hall–Kier alpha value is -2.28. The molecule has 0 aromatic carbocycles. The number of amides is 3. The minimum Gasteiger partial charge on any atom is -0.480 e. The second kappa shape index (κ2) is 15.5. The highest BCUT2D eigenvalue weighted by Crippen LogP contribution is 2.13. The maximum Gasteiger partial charge on any atom is 0.490 e. The van der Waals surface area contributed by atoms with Crippen molar-refractivity contribution in [1.29, 1.82) is 0 Å². The highest BCUT2D eigenvalue weighted by molar-refractivity contribution is 7.80. The van der Waals surface area contributed by atoms with Gasteiger partial charge in [0.25, 0.3) is 0 Å². The van der Waals surface area contributed by atoms with Crippen LogP contribution in [0.3, 0.4) is 0 Å². The molecule has 0 saturated heterocycles. The summed E-state index contributed by atoms with van der Waals surface area (Å²) in [5.74, 6) is -6.84. The van der Waals surface area contributed by atoms with Gasteiger partial charge in [0.2, 0.25) is 17.7 Å². The Balaban J connectivity index is 0. The number of aliphatic hydroxyl groups excluding tert-OH is 2. The van der Waals surface area contributed by atoms with E-state index in [2.05, 4.69) is 35.9 Å². The summed E-state index contributed by atoms with van der Waals surface area (Å²) in [6.07, 6.45) is -6.47. The molecule has 192 valence electrons. The topological polar surface area (TPSA) is 228 Å². The number of carboxylic acid groups (broad SMARTS) is 2. The van der Waals surface area contributed by atoms with Crippen LogP contribution in [0, 0.1) is 0 Å². The van der Waals surface area contributed by atoms with E-state index in [1.54, 1.807) is 0 Å². The van der Waals surface area contributed by atoms with Gasteiger partial charge < -0.3 is 42.1 Å². The summed E-state index contributed by atoms with van der Waals surface area (Å²) < 4.78 is 31.7. The number of hydrogen-bond acceptors (Lipinski definition) is 10. The predicted molar refractivity (Wildman–Crippen MR) is 112 cm³/mol. The van der Waals surface area contributed by atoms with Crippen molar-refractivity contribution in [1.82, 2.24) is 16.0 Å². The lowest BCUT2D eigenvalue weighted by molar-refractivity contribution is -0.192. The van der Waals surface area contributed by atoms with Crippen molar-refractivity contribution in [3.8, 4) is 0 Å². The lowest BCUT2D eigenvalue weighted by atomic mass is 10.1. The summed E-state index contributed by atoms with van der Waals surface area (Å²) in [7, 11) is 0. The first-order chi connectivity index (χ1) is 15.0. The van der Waals surface area contributed by atoms with Crippen LogP contribution >= 0.6 is 25.3 Å². The number of halogens is 3. The van der Waals surface area contributed by atoms with Gasteiger partial charge in [0.05, 0.1) is 18.8 Å². The van der Waals surface area contributed by atoms with Gasteiger partial charge >= 0.3 is 18.1 Å². The van der Waals surface area contributed by atoms with Crippen molar-refractivity contribution < 1.29 is 57.6 Å². The molecule has 33 heavy (non-hydrogen) atoms. The molecule has 0 bridgehead atoms. The van der Waals surface area contributed by atoms with E-state index in [1.807, 2.05) is 5.32 Å². The molecule has 5 unspecified atom stereocenters.